The zero-order valence-electron chi connectivity index (χ0n) is 6.26. The Morgan fingerprint density at radius 1 is 1.50 bits per heavy atom. The van der Waals surface area contributed by atoms with Crippen LogP contribution in [0, 0.1) is 11.8 Å². The SMILES string of the molecule is C[C@H]1C[C@H]2CC[C@H]1NC2=O. The summed E-state index contributed by atoms with van der Waals surface area (Å²) in [5.41, 5.74) is 0. The molecule has 3 aliphatic rings. The van der Waals surface area contributed by atoms with E-state index in [1.165, 1.54) is 6.42 Å². The first-order valence-electron chi connectivity index (χ1n) is 4.08. The van der Waals surface area contributed by atoms with Crippen LogP contribution in [-0.4, -0.2) is 11.9 Å². The normalized spacial score (nSPS) is 45.3. The van der Waals surface area contributed by atoms with Crippen molar-refractivity contribution in [2.24, 2.45) is 11.8 Å². The van der Waals surface area contributed by atoms with Gasteiger partial charge in [-0.2, -0.15) is 0 Å². The summed E-state index contributed by atoms with van der Waals surface area (Å²) >= 11 is 0. The van der Waals surface area contributed by atoms with Gasteiger partial charge in [0.05, 0.1) is 0 Å². The van der Waals surface area contributed by atoms with Gasteiger partial charge in [0.1, 0.15) is 0 Å². The van der Waals surface area contributed by atoms with Crippen LogP contribution in [0.3, 0.4) is 0 Å². The van der Waals surface area contributed by atoms with Crippen molar-refractivity contribution in [1.82, 2.24) is 5.32 Å². The minimum Gasteiger partial charge on any atom is -0.353 e. The van der Waals surface area contributed by atoms with Gasteiger partial charge in [-0.3, -0.25) is 4.79 Å². The highest BCUT2D eigenvalue weighted by molar-refractivity contribution is 5.80. The van der Waals surface area contributed by atoms with E-state index >= 15 is 0 Å². The van der Waals surface area contributed by atoms with Crippen LogP contribution in [0.2, 0.25) is 0 Å². The van der Waals surface area contributed by atoms with Crippen LogP contribution >= 0.6 is 0 Å². The van der Waals surface area contributed by atoms with E-state index in [1.54, 1.807) is 0 Å². The Kier molecular flexibility index (Phi) is 1.22. The smallest absolute Gasteiger partial charge is 0.223 e. The van der Waals surface area contributed by atoms with Crippen molar-refractivity contribution in [1.29, 1.82) is 0 Å². The Morgan fingerprint density at radius 3 is 2.60 bits per heavy atom. The maximum absolute atomic E-state index is 11.1. The lowest BCUT2D eigenvalue weighted by molar-refractivity contribution is -0.132. The van der Waals surface area contributed by atoms with Crippen molar-refractivity contribution in [3.63, 3.8) is 0 Å². The molecule has 3 atom stereocenters. The summed E-state index contributed by atoms with van der Waals surface area (Å²) in [6, 6.07) is 0.498. The first-order valence-corrected chi connectivity index (χ1v) is 4.08. The number of carbonyl (C=O) groups is 1. The van der Waals surface area contributed by atoms with Crippen molar-refractivity contribution in [3.05, 3.63) is 0 Å². The molecule has 1 amide bonds. The number of fused-ring (bicyclic) bond motifs is 3. The Hall–Kier alpha value is -0.530. The van der Waals surface area contributed by atoms with E-state index in [0.717, 1.165) is 18.8 Å². The summed E-state index contributed by atoms with van der Waals surface area (Å²) in [5.74, 6) is 1.37. The molecule has 2 aliphatic heterocycles. The third kappa shape index (κ3) is 0.746. The summed E-state index contributed by atoms with van der Waals surface area (Å²) < 4.78 is 0. The molecule has 0 unspecified atom stereocenters. The molecule has 3 rings (SSSR count). The van der Waals surface area contributed by atoms with Crippen molar-refractivity contribution < 1.29 is 4.79 Å². The highest BCUT2D eigenvalue weighted by Crippen LogP contribution is 2.33. The second-order valence-electron chi connectivity index (χ2n) is 3.60. The highest BCUT2D eigenvalue weighted by atomic mass is 16.2. The molecule has 0 spiro atoms. The van der Waals surface area contributed by atoms with E-state index in [2.05, 4.69) is 12.2 Å². The minimum absolute atomic E-state index is 0.300. The molecule has 1 N–H and O–H groups in total. The quantitative estimate of drug-likeness (QED) is 0.531. The second-order valence-corrected chi connectivity index (χ2v) is 3.60. The van der Waals surface area contributed by atoms with Crippen molar-refractivity contribution in [2.45, 2.75) is 32.2 Å². The number of nitrogens with one attached hydrogen (secondary N) is 1. The monoisotopic (exact) mass is 139 g/mol. The van der Waals surface area contributed by atoms with Gasteiger partial charge in [-0.1, -0.05) is 6.92 Å². The van der Waals surface area contributed by atoms with Gasteiger partial charge in [-0.25, -0.2) is 0 Å². The first kappa shape index (κ1) is 6.20. The molecule has 2 heterocycles. The summed E-state index contributed by atoms with van der Waals surface area (Å²) in [4.78, 5) is 11.1. The van der Waals surface area contributed by atoms with Gasteiger partial charge >= 0.3 is 0 Å². The third-order valence-corrected chi connectivity index (χ3v) is 2.87. The molecule has 2 nitrogen and oxygen atoms in total. The van der Waals surface area contributed by atoms with Gasteiger partial charge in [0.15, 0.2) is 0 Å². The minimum atomic E-state index is 0.300. The fourth-order valence-electron chi connectivity index (χ4n) is 2.15. The Balaban J connectivity index is 2.16. The fraction of sp³-hybridized carbons (Fsp3) is 0.875. The average Bonchev–Trinajstić information content (AvgIpc) is 1.91. The van der Waals surface area contributed by atoms with Crippen LogP contribution in [0.25, 0.3) is 0 Å². The molecule has 56 valence electrons. The maximum atomic E-state index is 11.1. The van der Waals surface area contributed by atoms with Gasteiger partial charge in [0.2, 0.25) is 5.91 Å². The number of hydrogen-bond donors (Lipinski definition) is 1. The predicted molar refractivity (Wildman–Crippen MR) is 38.4 cm³/mol. The molecular formula is C8H13NO. The van der Waals surface area contributed by atoms with Gasteiger partial charge in [-0.15, -0.1) is 0 Å². The molecule has 2 heteroatoms. The van der Waals surface area contributed by atoms with Crippen LogP contribution in [-0.2, 0) is 4.79 Å². The number of amides is 1. The average molecular weight is 139 g/mol. The molecule has 1 saturated carbocycles. The molecule has 0 aromatic rings. The van der Waals surface area contributed by atoms with Crippen LogP contribution in [0.5, 0.6) is 0 Å². The number of rotatable bonds is 0. The molecule has 1 aliphatic carbocycles. The van der Waals surface area contributed by atoms with E-state index in [1.807, 2.05) is 0 Å². The van der Waals surface area contributed by atoms with Gasteiger partial charge < -0.3 is 5.32 Å². The first-order chi connectivity index (χ1) is 4.77. The molecule has 0 aromatic carbocycles. The highest BCUT2D eigenvalue weighted by Gasteiger charge is 2.37. The molecule has 0 aromatic heterocycles. The Labute approximate surface area is 61.0 Å². The lowest BCUT2D eigenvalue weighted by atomic mass is 9.74. The lowest BCUT2D eigenvalue weighted by Gasteiger charge is -2.40. The summed E-state index contributed by atoms with van der Waals surface area (Å²) in [6.07, 6.45) is 3.45. The second kappa shape index (κ2) is 1.97. The zero-order valence-corrected chi connectivity index (χ0v) is 6.26. The Morgan fingerprint density at radius 2 is 2.30 bits per heavy atom. The largest absolute Gasteiger partial charge is 0.353 e. The van der Waals surface area contributed by atoms with Crippen LogP contribution < -0.4 is 5.32 Å². The molecular weight excluding hydrogens is 126 g/mol. The summed E-state index contributed by atoms with van der Waals surface area (Å²) in [6.45, 7) is 2.23. The van der Waals surface area contributed by atoms with Crippen LogP contribution in [0.1, 0.15) is 26.2 Å². The third-order valence-electron chi connectivity index (χ3n) is 2.87. The topological polar surface area (TPSA) is 29.1 Å². The number of hydrogen-bond acceptors (Lipinski definition) is 1. The molecule has 0 radical (unpaired) electrons. The van der Waals surface area contributed by atoms with Crippen molar-refractivity contribution >= 4 is 5.91 Å². The van der Waals surface area contributed by atoms with Crippen molar-refractivity contribution in [3.8, 4) is 0 Å². The molecule has 2 saturated heterocycles. The zero-order chi connectivity index (χ0) is 7.14. The molecule has 2 bridgehead atoms. The molecule has 3 fully saturated rings. The van der Waals surface area contributed by atoms with Gasteiger partial charge in [0.25, 0.3) is 0 Å². The summed E-state index contributed by atoms with van der Waals surface area (Å²) in [7, 11) is 0. The Bertz CT molecular complexity index is 167. The van der Waals surface area contributed by atoms with Crippen LogP contribution in [0.4, 0.5) is 0 Å². The molecule has 10 heavy (non-hydrogen) atoms. The maximum Gasteiger partial charge on any atom is 0.223 e. The van der Waals surface area contributed by atoms with E-state index in [0.29, 0.717) is 17.9 Å². The summed E-state index contributed by atoms with van der Waals surface area (Å²) in [5, 5.41) is 3.03. The predicted octanol–water partition coefficient (Wildman–Crippen LogP) is 0.921. The lowest BCUT2D eigenvalue weighted by Crippen LogP contribution is -2.53. The van der Waals surface area contributed by atoms with E-state index < -0.39 is 0 Å². The van der Waals surface area contributed by atoms with Crippen LogP contribution in [0.15, 0.2) is 0 Å². The van der Waals surface area contributed by atoms with E-state index in [4.69, 9.17) is 0 Å². The van der Waals surface area contributed by atoms with E-state index in [-0.39, 0.29) is 0 Å². The fourth-order valence-corrected chi connectivity index (χ4v) is 2.15. The number of piperidine rings is 2. The van der Waals surface area contributed by atoms with Gasteiger partial charge in [-0.05, 0) is 25.2 Å². The van der Waals surface area contributed by atoms with E-state index in [9.17, 15) is 4.79 Å². The van der Waals surface area contributed by atoms with Gasteiger partial charge in [0, 0.05) is 12.0 Å². The standard InChI is InChI=1S/C8H13NO/c1-5-4-6-2-3-7(5)9-8(6)10/h5-7H,2-4H2,1H3,(H,9,10)/t5-,6+,7+/m0/s1. The van der Waals surface area contributed by atoms with Crippen molar-refractivity contribution in [2.75, 3.05) is 0 Å². The number of carbonyl (C=O) groups excluding carboxylic acids is 1.